The van der Waals surface area contributed by atoms with E-state index < -0.39 is 57.9 Å². The number of rotatable bonds is 5. The SMILES string of the molecule is C[C@@H]1Oc2nc(-c3cc(N)c(F)c(C4CC4)c3C(F)(F)F)c(F)c3nc(OC[C@@H]4CC[C@H]5COCCN54)nc(c23)N2C[C@H]3CC[C@H](N3)[C@@H]12. The van der Waals surface area contributed by atoms with Gasteiger partial charge in [0.25, 0.3) is 0 Å². The Bertz CT molecular complexity index is 1810. The zero-order chi connectivity index (χ0) is 33.1. The Hall–Kier alpha value is -3.56. The molecule has 256 valence electrons. The Morgan fingerprint density at radius 3 is 2.69 bits per heavy atom. The number of halogens is 5. The molecule has 7 heterocycles. The van der Waals surface area contributed by atoms with Crippen molar-refractivity contribution in [3.63, 3.8) is 0 Å². The maximum atomic E-state index is 17.0. The van der Waals surface area contributed by atoms with Crippen LogP contribution in [0.4, 0.5) is 33.5 Å². The van der Waals surface area contributed by atoms with E-state index in [2.05, 4.69) is 25.1 Å². The Labute approximate surface area is 273 Å². The molecule has 3 aromatic rings. The number of benzene rings is 1. The number of alkyl halides is 3. The number of aromatic nitrogens is 3. The number of nitrogens with two attached hydrogens (primary N) is 1. The molecular formula is C33H36F5N7O3. The summed E-state index contributed by atoms with van der Waals surface area (Å²) < 4.78 is 94.8. The van der Waals surface area contributed by atoms with Gasteiger partial charge in [-0.15, -0.1) is 0 Å². The van der Waals surface area contributed by atoms with E-state index in [9.17, 15) is 13.2 Å². The minimum atomic E-state index is -5.01. The first-order valence-corrected chi connectivity index (χ1v) is 16.8. The van der Waals surface area contributed by atoms with Crippen molar-refractivity contribution in [2.45, 2.75) is 93.9 Å². The lowest BCUT2D eigenvalue weighted by atomic mass is 9.93. The zero-order valence-electron chi connectivity index (χ0n) is 26.3. The Morgan fingerprint density at radius 1 is 1.06 bits per heavy atom. The Kier molecular flexibility index (Phi) is 6.97. The third kappa shape index (κ3) is 4.78. The van der Waals surface area contributed by atoms with Gasteiger partial charge in [-0.25, -0.2) is 13.8 Å². The molecule has 2 aromatic heterocycles. The third-order valence-electron chi connectivity index (χ3n) is 11.1. The number of pyridine rings is 1. The zero-order valence-corrected chi connectivity index (χ0v) is 26.3. The van der Waals surface area contributed by atoms with Gasteiger partial charge in [0.1, 0.15) is 40.9 Å². The number of anilines is 2. The van der Waals surface area contributed by atoms with Crippen LogP contribution in [-0.2, 0) is 10.9 Å². The van der Waals surface area contributed by atoms with Crippen molar-refractivity contribution < 1.29 is 36.2 Å². The first kappa shape index (κ1) is 30.5. The van der Waals surface area contributed by atoms with Crippen LogP contribution in [-0.4, -0.2) is 89.1 Å². The fraction of sp³-hybridized carbons (Fsp3) is 0.606. The molecule has 3 N–H and O–H groups in total. The quantitative estimate of drug-likeness (QED) is 0.290. The minimum Gasteiger partial charge on any atom is -0.472 e. The summed E-state index contributed by atoms with van der Waals surface area (Å²) in [6.07, 6.45) is -1.04. The third-order valence-corrected chi connectivity index (χ3v) is 11.1. The molecule has 10 nitrogen and oxygen atoms in total. The summed E-state index contributed by atoms with van der Waals surface area (Å²) in [6.45, 7) is 4.77. The number of hydrogen-bond donors (Lipinski definition) is 2. The second-order valence-corrected chi connectivity index (χ2v) is 14.0. The van der Waals surface area contributed by atoms with Gasteiger partial charge in [0.2, 0.25) is 5.88 Å². The molecule has 1 aromatic carbocycles. The van der Waals surface area contributed by atoms with Gasteiger partial charge >= 0.3 is 12.2 Å². The van der Waals surface area contributed by atoms with E-state index in [-0.39, 0.29) is 53.6 Å². The van der Waals surface area contributed by atoms with Gasteiger partial charge in [0.15, 0.2) is 5.82 Å². The van der Waals surface area contributed by atoms with Gasteiger partial charge in [-0.3, -0.25) is 4.90 Å². The predicted molar refractivity (Wildman–Crippen MR) is 165 cm³/mol. The number of nitrogen functional groups attached to an aromatic ring is 1. The average molecular weight is 674 g/mol. The molecule has 5 aliphatic heterocycles. The lowest BCUT2D eigenvalue weighted by Crippen LogP contribution is -2.62. The highest BCUT2D eigenvalue weighted by Gasteiger charge is 2.48. The van der Waals surface area contributed by atoms with Crippen LogP contribution < -0.4 is 25.4 Å². The maximum Gasteiger partial charge on any atom is 0.417 e. The Balaban J connectivity index is 1.22. The van der Waals surface area contributed by atoms with E-state index >= 15 is 8.78 Å². The first-order chi connectivity index (χ1) is 23.1. The molecule has 6 aliphatic rings. The number of hydrogen-bond acceptors (Lipinski definition) is 10. The van der Waals surface area contributed by atoms with Gasteiger partial charge < -0.3 is 30.2 Å². The van der Waals surface area contributed by atoms with Crippen molar-refractivity contribution in [3.8, 4) is 23.1 Å². The molecule has 1 saturated carbocycles. The standard InChI is InChI=1S/C33H36F5N7O3/c1-14-29-21-7-4-16(40-21)11-45(29)30-23-28(42-32(43-30)47-13-18-6-5-17-12-46-9-8-44(17)18)26(35)27(41-31(23)48-14)19-10-20(39)25(34)22(15-2-3-15)24(19)33(36,37)38/h10,14-18,21,29,40H,2-9,11-13,39H2,1H3/t14-,16+,17-,18-,21-,29+/m0/s1. The van der Waals surface area contributed by atoms with Crippen molar-refractivity contribution >= 4 is 22.4 Å². The molecule has 0 unspecified atom stereocenters. The molecule has 9 rings (SSSR count). The molecule has 48 heavy (non-hydrogen) atoms. The van der Waals surface area contributed by atoms with Crippen molar-refractivity contribution in [2.75, 3.05) is 43.5 Å². The fourth-order valence-electron chi connectivity index (χ4n) is 8.78. The van der Waals surface area contributed by atoms with Gasteiger partial charge in [-0.2, -0.15) is 23.1 Å². The predicted octanol–water partition coefficient (Wildman–Crippen LogP) is 4.78. The van der Waals surface area contributed by atoms with Crippen LogP contribution in [0.1, 0.15) is 62.5 Å². The number of piperazine rings is 1. The smallest absolute Gasteiger partial charge is 0.417 e. The van der Waals surface area contributed by atoms with E-state index in [0.717, 1.165) is 38.3 Å². The number of nitrogens with zero attached hydrogens (tertiary/aromatic N) is 5. The molecule has 5 fully saturated rings. The number of morpholine rings is 1. The molecule has 0 radical (unpaired) electrons. The highest BCUT2D eigenvalue weighted by molar-refractivity contribution is 5.97. The van der Waals surface area contributed by atoms with Crippen LogP contribution in [0.15, 0.2) is 6.07 Å². The lowest BCUT2D eigenvalue weighted by Gasteiger charge is -2.42. The number of ether oxygens (including phenoxy) is 3. The van der Waals surface area contributed by atoms with Crippen LogP contribution in [0, 0.1) is 11.6 Å². The summed E-state index contributed by atoms with van der Waals surface area (Å²) in [5, 5.41) is 3.80. The molecular weight excluding hydrogens is 637 g/mol. The van der Waals surface area contributed by atoms with E-state index in [4.69, 9.17) is 24.9 Å². The second kappa shape index (κ2) is 11.0. The summed E-state index contributed by atoms with van der Waals surface area (Å²) in [5.74, 6) is -2.62. The summed E-state index contributed by atoms with van der Waals surface area (Å²) >= 11 is 0. The molecule has 0 spiro atoms. The average Bonchev–Trinajstić information content (AvgIpc) is 3.74. The minimum absolute atomic E-state index is 0.0540. The van der Waals surface area contributed by atoms with Crippen molar-refractivity contribution in [1.82, 2.24) is 25.2 Å². The van der Waals surface area contributed by atoms with Crippen LogP contribution >= 0.6 is 0 Å². The monoisotopic (exact) mass is 673 g/mol. The van der Waals surface area contributed by atoms with Crippen LogP contribution in [0.3, 0.4) is 0 Å². The molecule has 4 saturated heterocycles. The van der Waals surface area contributed by atoms with Crippen LogP contribution in [0.2, 0.25) is 0 Å². The second-order valence-electron chi connectivity index (χ2n) is 14.0. The van der Waals surface area contributed by atoms with E-state index in [1.165, 1.54) is 0 Å². The molecule has 6 atom stereocenters. The van der Waals surface area contributed by atoms with Crippen molar-refractivity contribution in [3.05, 3.63) is 28.8 Å². The highest BCUT2D eigenvalue weighted by atomic mass is 19.4. The number of fused-ring (bicyclic) bond motifs is 6. The molecule has 2 bridgehead atoms. The summed E-state index contributed by atoms with van der Waals surface area (Å²) in [5.41, 5.74) is 2.03. The topological polar surface area (TPSA) is 111 Å². The Morgan fingerprint density at radius 2 is 1.90 bits per heavy atom. The molecule has 1 aliphatic carbocycles. The van der Waals surface area contributed by atoms with Gasteiger partial charge in [-0.1, -0.05) is 0 Å². The van der Waals surface area contributed by atoms with Gasteiger partial charge in [-0.05, 0) is 57.4 Å². The van der Waals surface area contributed by atoms with E-state index in [1.807, 2.05) is 6.92 Å². The fourth-order valence-corrected chi connectivity index (χ4v) is 8.78. The summed E-state index contributed by atoms with van der Waals surface area (Å²) in [7, 11) is 0. The lowest BCUT2D eigenvalue weighted by molar-refractivity contribution is -0.137. The van der Waals surface area contributed by atoms with Crippen molar-refractivity contribution in [1.29, 1.82) is 0 Å². The summed E-state index contributed by atoms with van der Waals surface area (Å²) in [6, 6.07) is 1.16. The largest absolute Gasteiger partial charge is 0.472 e. The van der Waals surface area contributed by atoms with E-state index in [0.29, 0.717) is 44.5 Å². The van der Waals surface area contributed by atoms with Gasteiger partial charge in [0.05, 0.1) is 30.5 Å². The number of nitrogens with one attached hydrogen (secondary N) is 1. The normalized spacial score (nSPS) is 29.8. The summed E-state index contributed by atoms with van der Waals surface area (Å²) in [4.78, 5) is 18.2. The first-order valence-electron chi connectivity index (χ1n) is 16.8. The van der Waals surface area contributed by atoms with Crippen molar-refractivity contribution in [2.24, 2.45) is 0 Å². The maximum absolute atomic E-state index is 17.0. The molecule has 15 heteroatoms. The van der Waals surface area contributed by atoms with Crippen LogP contribution in [0.25, 0.3) is 22.2 Å². The van der Waals surface area contributed by atoms with Gasteiger partial charge in [0, 0.05) is 48.4 Å². The molecule has 0 amide bonds. The van der Waals surface area contributed by atoms with Crippen LogP contribution in [0.5, 0.6) is 11.9 Å². The highest BCUT2D eigenvalue weighted by Crippen LogP contribution is 2.52. The van der Waals surface area contributed by atoms with E-state index in [1.54, 1.807) is 0 Å².